The highest BCUT2D eigenvalue weighted by Gasteiger charge is 2.78. The molecular weight excluding hydrogens is 901 g/mol. The molecular formula is C63H102O9. The van der Waals surface area contributed by atoms with E-state index in [2.05, 4.69) is 6.92 Å². The predicted octanol–water partition coefficient (Wildman–Crippen LogP) is 13.7. The number of ether oxygens (including phenoxy) is 4. The molecule has 28 unspecified atom stereocenters. The van der Waals surface area contributed by atoms with Crippen molar-refractivity contribution in [2.24, 2.45) is 158 Å². The van der Waals surface area contributed by atoms with Crippen molar-refractivity contribution in [1.29, 1.82) is 0 Å². The minimum atomic E-state index is -0.833. The van der Waals surface area contributed by atoms with Crippen molar-refractivity contribution in [3.05, 3.63) is 0 Å². The zero-order chi connectivity index (χ0) is 47.1. The highest BCUT2D eigenvalue weighted by molar-refractivity contribution is 5.80. The van der Waals surface area contributed by atoms with E-state index in [0.29, 0.717) is 24.7 Å². The summed E-state index contributed by atoms with van der Waals surface area (Å²) in [6, 6.07) is 0. The molecule has 0 aromatic heterocycles. The lowest BCUT2D eigenvalue weighted by Gasteiger charge is -2.52. The van der Waals surface area contributed by atoms with Gasteiger partial charge in [-0.2, -0.15) is 0 Å². The number of methoxy groups -OCH3 is 1. The number of rotatable bonds is 8. The summed E-state index contributed by atoms with van der Waals surface area (Å²) in [4.78, 5) is 48.3. The largest absolute Gasteiger partial charge is 0.481 e. The van der Waals surface area contributed by atoms with Crippen LogP contribution in [-0.2, 0) is 38.1 Å². The van der Waals surface area contributed by atoms with Gasteiger partial charge < -0.3 is 24.1 Å². The topological polar surface area (TPSA) is 125 Å². The molecule has 1 N–H and O–H groups in total. The van der Waals surface area contributed by atoms with Crippen molar-refractivity contribution in [1.82, 2.24) is 0 Å². The van der Waals surface area contributed by atoms with Crippen LogP contribution >= 0.6 is 0 Å². The number of carboxylic acid groups (broad SMARTS) is 1. The second-order valence-corrected chi connectivity index (χ2v) is 28.4. The minimum Gasteiger partial charge on any atom is -0.481 e. The van der Waals surface area contributed by atoms with Crippen LogP contribution in [0.25, 0.3) is 0 Å². The lowest BCUT2D eigenvalue weighted by Crippen LogP contribution is -2.50. The molecule has 14 aliphatic carbocycles. The van der Waals surface area contributed by atoms with Gasteiger partial charge in [-0.15, -0.1) is 0 Å². The molecule has 72 heavy (non-hydrogen) atoms. The van der Waals surface area contributed by atoms with E-state index in [9.17, 15) is 14.4 Å². The first-order chi connectivity index (χ1) is 32.5. The predicted molar refractivity (Wildman–Crippen MR) is 280 cm³/mol. The molecule has 9 nitrogen and oxygen atoms in total. The van der Waals surface area contributed by atoms with Gasteiger partial charge >= 0.3 is 17.9 Å². The lowest BCUT2D eigenvalue weighted by atomic mass is 9.52. The van der Waals surface area contributed by atoms with E-state index in [1.807, 2.05) is 27.7 Å². The molecule has 9 heteroatoms. The summed E-state index contributed by atoms with van der Waals surface area (Å²) in [7, 11) is 1.42. The van der Waals surface area contributed by atoms with Crippen molar-refractivity contribution < 1.29 is 43.2 Å². The van der Waals surface area contributed by atoms with Gasteiger partial charge in [-0.1, -0.05) is 36.6 Å². The van der Waals surface area contributed by atoms with Crippen LogP contribution in [0.2, 0.25) is 0 Å². The van der Waals surface area contributed by atoms with Crippen LogP contribution in [-0.4, -0.2) is 55.1 Å². The maximum atomic E-state index is 13.5. The van der Waals surface area contributed by atoms with Crippen molar-refractivity contribution in [2.45, 2.75) is 199 Å². The van der Waals surface area contributed by atoms with Crippen LogP contribution in [0.3, 0.4) is 0 Å². The van der Waals surface area contributed by atoms with Gasteiger partial charge in [0.25, 0.3) is 5.97 Å². The minimum absolute atomic E-state index is 0. The Labute approximate surface area is 436 Å². The van der Waals surface area contributed by atoms with Crippen molar-refractivity contribution in [2.75, 3.05) is 13.7 Å². The Balaban J connectivity index is 0.000000158. The summed E-state index contributed by atoms with van der Waals surface area (Å²) in [5.41, 5.74) is -1.58. The van der Waals surface area contributed by atoms with Gasteiger partial charge in [-0.25, -0.2) is 0 Å². The summed E-state index contributed by atoms with van der Waals surface area (Å²) in [6.45, 7) is 11.9. The third-order valence-electron chi connectivity index (χ3n) is 25.6. The molecule has 15 aliphatic rings. The zero-order valence-corrected chi connectivity index (χ0v) is 42.7. The van der Waals surface area contributed by atoms with E-state index in [0.717, 1.165) is 176 Å². The van der Waals surface area contributed by atoms with Gasteiger partial charge in [-0.3, -0.25) is 19.2 Å². The summed E-state index contributed by atoms with van der Waals surface area (Å²) in [5, 5.41) is 7.42. The van der Waals surface area contributed by atoms with Crippen LogP contribution in [0.5, 0.6) is 0 Å². The standard InChI is InChI=1S/C29H40O3.C28H42O4.C2H4O2.4CH4/c1-29(28(30)32-21-4-2-3-7-31-21)12-15-9-20(29)27-19-11-18(24(15)27)25-16-10-17(26(19)25)23-14-6-5-13(8-14)22(16)23;1-6-28(4,13-27(2,3)25(29)31-5)26(30)32-20-11-16-10-17(20)24-19-12-18(23(16)24)21-14-7-8-15(9-14)22(19)21;1-2(3)4;;;;/h13-27H,2-12H2,1H3;14-24H,6-13H2,1-5H3;1H3,(H,3,4);4*1H4. The Kier molecular flexibility index (Phi) is 14.5. The molecule has 14 bridgehead atoms. The number of carbonyl (C=O) groups is 4. The van der Waals surface area contributed by atoms with E-state index in [-0.39, 0.29) is 65.4 Å². The summed E-state index contributed by atoms with van der Waals surface area (Å²) in [5.74, 6) is 22.2. The van der Waals surface area contributed by atoms with E-state index >= 15 is 0 Å². The second kappa shape index (κ2) is 19.1. The summed E-state index contributed by atoms with van der Waals surface area (Å²) >= 11 is 0. The van der Waals surface area contributed by atoms with Gasteiger partial charge in [0.1, 0.15) is 6.10 Å². The van der Waals surface area contributed by atoms with Crippen LogP contribution in [0.1, 0.15) is 187 Å². The molecule has 1 saturated heterocycles. The molecule has 15 fully saturated rings. The third-order valence-corrected chi connectivity index (χ3v) is 25.6. The van der Waals surface area contributed by atoms with Crippen LogP contribution in [0.4, 0.5) is 0 Å². The molecule has 14 saturated carbocycles. The maximum absolute atomic E-state index is 13.5. The average Bonchev–Trinajstić information content (AvgIpc) is 4.16. The Hall–Kier alpha value is -2.16. The smallest absolute Gasteiger partial charge is 0.314 e. The first-order valence-corrected chi connectivity index (χ1v) is 28.9. The quantitative estimate of drug-likeness (QED) is 0.144. The number of carboxylic acids is 1. The number of carbonyl (C=O) groups excluding carboxylic acids is 3. The number of hydrogen-bond donors (Lipinski definition) is 1. The molecule has 15 rings (SSSR count). The molecule has 0 spiro atoms. The molecule has 0 aromatic carbocycles. The van der Waals surface area contributed by atoms with Gasteiger partial charge in [0.2, 0.25) is 6.29 Å². The summed E-state index contributed by atoms with van der Waals surface area (Å²) in [6.07, 6.45) is 22.8. The Morgan fingerprint density at radius 1 is 0.569 bits per heavy atom. The zero-order valence-electron chi connectivity index (χ0n) is 42.7. The van der Waals surface area contributed by atoms with E-state index in [4.69, 9.17) is 28.8 Å². The Morgan fingerprint density at radius 3 is 1.53 bits per heavy atom. The van der Waals surface area contributed by atoms with E-state index in [1.54, 1.807) is 25.7 Å². The number of hydrogen-bond acceptors (Lipinski definition) is 8. The van der Waals surface area contributed by atoms with Crippen molar-refractivity contribution >= 4 is 23.9 Å². The molecule has 0 aromatic rings. The van der Waals surface area contributed by atoms with Crippen molar-refractivity contribution in [3.63, 3.8) is 0 Å². The average molecular weight is 1000 g/mol. The molecule has 1 aliphatic heterocycles. The monoisotopic (exact) mass is 1000 g/mol. The fourth-order valence-electron chi connectivity index (χ4n) is 24.5. The van der Waals surface area contributed by atoms with Crippen LogP contribution < -0.4 is 0 Å². The first kappa shape index (κ1) is 54.6. The Bertz CT molecular complexity index is 2060. The van der Waals surface area contributed by atoms with Crippen molar-refractivity contribution in [3.8, 4) is 0 Å². The normalized spacial score (nSPS) is 51.8. The van der Waals surface area contributed by atoms with Crippen LogP contribution in [0.15, 0.2) is 0 Å². The molecule has 1 heterocycles. The highest BCUT2D eigenvalue weighted by Crippen LogP contribution is 2.83. The number of aliphatic carboxylic acids is 1. The molecule has 408 valence electrons. The number of esters is 3. The highest BCUT2D eigenvalue weighted by atomic mass is 16.7. The van der Waals surface area contributed by atoms with Gasteiger partial charge in [-0.05, 0) is 279 Å². The van der Waals surface area contributed by atoms with Gasteiger partial charge in [0, 0.05) is 13.3 Å². The van der Waals surface area contributed by atoms with Crippen LogP contribution in [0, 0.1) is 158 Å². The molecule has 0 amide bonds. The molecule has 0 radical (unpaired) electrons. The summed E-state index contributed by atoms with van der Waals surface area (Å²) < 4.78 is 23.2. The Morgan fingerprint density at radius 2 is 1.04 bits per heavy atom. The third kappa shape index (κ3) is 7.59. The van der Waals surface area contributed by atoms with E-state index < -0.39 is 16.8 Å². The first-order valence-electron chi connectivity index (χ1n) is 28.9. The van der Waals surface area contributed by atoms with E-state index in [1.165, 1.54) is 52.1 Å². The fraction of sp³-hybridized carbons (Fsp3) is 0.937. The fourth-order valence-corrected chi connectivity index (χ4v) is 24.5. The lowest BCUT2D eigenvalue weighted by molar-refractivity contribution is -0.202. The molecule has 28 atom stereocenters. The second-order valence-electron chi connectivity index (χ2n) is 28.4. The number of fused-ring (bicyclic) bond motifs is 39. The SMILES string of the molecule is C.C.C.C.CC(=O)O.CC1(C(=O)OC2CCCCO2)CC2CC1C1C3CC(C21)C1C2CC(C4C5CCC(C5)C24)C31.CCC(C)(CC(C)(C)C(=O)OC)C(=O)OC1CC2CC1C1C3CC(C4C5CCC(C5)C34)C21. The van der Waals surface area contributed by atoms with Gasteiger partial charge in [0.05, 0.1) is 30.0 Å². The maximum Gasteiger partial charge on any atom is 0.314 e. The van der Waals surface area contributed by atoms with Gasteiger partial charge in [0.15, 0.2) is 0 Å².